The minimum Gasteiger partial charge on any atom is -0.351 e. The molecule has 0 aliphatic rings. The van der Waals surface area contributed by atoms with E-state index in [9.17, 15) is 22.4 Å². The Morgan fingerprint density at radius 2 is 1.80 bits per heavy atom. The van der Waals surface area contributed by atoms with Crippen molar-refractivity contribution < 1.29 is 22.4 Å². The Morgan fingerprint density at radius 3 is 2.25 bits per heavy atom. The molecule has 0 aliphatic heterocycles. The van der Waals surface area contributed by atoms with Gasteiger partial charge in [0, 0.05) is 24.8 Å². The van der Waals surface area contributed by atoms with Gasteiger partial charge in [-0.05, 0) is 76.8 Å². The SMILES string of the molecule is C=C(C)/C(C)=C\C=C/C.C=CCn1cc(/C(C)=C/C)c(C(F)(F)F)n1.Cc1cc(C)c(C(=O)NCCN)c(F)c1. The third-order valence-corrected chi connectivity index (χ3v) is 5.50. The zero-order valence-electron chi connectivity index (χ0n) is 24.5. The van der Waals surface area contributed by atoms with Crippen molar-refractivity contribution in [1.82, 2.24) is 15.1 Å². The Hall–Kier alpha value is -3.72. The first-order valence-corrected chi connectivity index (χ1v) is 12.7. The van der Waals surface area contributed by atoms with E-state index in [0.29, 0.717) is 24.2 Å². The first-order chi connectivity index (χ1) is 18.6. The van der Waals surface area contributed by atoms with Crippen LogP contribution in [-0.4, -0.2) is 28.8 Å². The van der Waals surface area contributed by atoms with Crippen LogP contribution in [0.25, 0.3) is 5.57 Å². The number of nitrogens with two attached hydrogens (primary N) is 1. The van der Waals surface area contributed by atoms with Crippen molar-refractivity contribution in [2.45, 2.75) is 61.2 Å². The molecule has 0 fully saturated rings. The van der Waals surface area contributed by atoms with Crippen LogP contribution in [0.1, 0.15) is 67.4 Å². The Kier molecular flexibility index (Phi) is 16.1. The molecule has 1 aromatic carbocycles. The summed E-state index contributed by atoms with van der Waals surface area (Å²) in [4.78, 5) is 11.5. The number of aryl methyl sites for hydroxylation is 2. The lowest BCUT2D eigenvalue weighted by Crippen LogP contribution is -2.30. The number of hydrogen-bond donors (Lipinski definition) is 2. The maximum atomic E-state index is 13.5. The topological polar surface area (TPSA) is 72.9 Å². The number of allylic oxidation sites excluding steroid dienone is 8. The van der Waals surface area contributed by atoms with Crippen LogP contribution in [0.5, 0.6) is 0 Å². The van der Waals surface area contributed by atoms with E-state index in [-0.39, 0.29) is 17.7 Å². The van der Waals surface area contributed by atoms with Crippen molar-refractivity contribution in [3.8, 4) is 0 Å². The highest BCUT2D eigenvalue weighted by Crippen LogP contribution is 2.33. The summed E-state index contributed by atoms with van der Waals surface area (Å²) in [6.07, 6.45) is 6.18. The Morgan fingerprint density at radius 1 is 1.18 bits per heavy atom. The molecule has 40 heavy (non-hydrogen) atoms. The number of hydrogen-bond acceptors (Lipinski definition) is 3. The van der Waals surface area contributed by atoms with Gasteiger partial charge in [-0.15, -0.1) is 6.58 Å². The number of halogens is 4. The van der Waals surface area contributed by atoms with Gasteiger partial charge >= 0.3 is 6.18 Å². The number of nitrogens with one attached hydrogen (secondary N) is 1. The molecule has 0 aliphatic carbocycles. The Balaban J connectivity index is 0.000000595. The monoisotopic (exact) mass is 562 g/mol. The van der Waals surface area contributed by atoms with E-state index in [2.05, 4.69) is 36.6 Å². The Bertz CT molecular complexity index is 1210. The van der Waals surface area contributed by atoms with Crippen molar-refractivity contribution in [3.63, 3.8) is 0 Å². The zero-order valence-corrected chi connectivity index (χ0v) is 24.5. The minimum atomic E-state index is -4.42. The molecule has 0 unspecified atom stereocenters. The van der Waals surface area contributed by atoms with Crippen LogP contribution in [0.3, 0.4) is 0 Å². The second-order valence-corrected chi connectivity index (χ2v) is 9.01. The fourth-order valence-corrected chi connectivity index (χ4v) is 3.16. The van der Waals surface area contributed by atoms with Crippen LogP contribution in [0.4, 0.5) is 17.6 Å². The zero-order chi connectivity index (χ0) is 31.0. The second kappa shape index (κ2) is 17.8. The summed E-state index contributed by atoms with van der Waals surface area (Å²) in [5, 5.41) is 6.07. The van der Waals surface area contributed by atoms with Crippen molar-refractivity contribution in [2.24, 2.45) is 5.73 Å². The number of carbonyl (C=O) groups is 1. The molecule has 3 N–H and O–H groups in total. The fraction of sp³-hybridized carbons (Fsp3) is 0.355. The number of rotatable bonds is 8. The molecule has 0 spiro atoms. The fourth-order valence-electron chi connectivity index (χ4n) is 3.16. The lowest BCUT2D eigenvalue weighted by atomic mass is 10.0. The van der Waals surface area contributed by atoms with Gasteiger partial charge in [-0.1, -0.05) is 48.6 Å². The maximum absolute atomic E-state index is 13.5. The van der Waals surface area contributed by atoms with Crippen LogP contribution < -0.4 is 11.1 Å². The highest BCUT2D eigenvalue weighted by Gasteiger charge is 2.37. The van der Waals surface area contributed by atoms with Crippen LogP contribution in [0.2, 0.25) is 0 Å². The molecule has 1 aromatic heterocycles. The van der Waals surface area contributed by atoms with E-state index < -0.39 is 23.6 Å². The highest BCUT2D eigenvalue weighted by molar-refractivity contribution is 5.96. The number of alkyl halides is 3. The highest BCUT2D eigenvalue weighted by atomic mass is 19.4. The molecule has 2 rings (SSSR count). The number of carbonyl (C=O) groups excluding carboxylic acids is 1. The van der Waals surface area contributed by atoms with E-state index in [4.69, 9.17) is 5.73 Å². The van der Waals surface area contributed by atoms with Crippen molar-refractivity contribution in [2.75, 3.05) is 13.1 Å². The second-order valence-electron chi connectivity index (χ2n) is 9.01. The molecule has 0 saturated carbocycles. The molecule has 0 saturated heterocycles. The van der Waals surface area contributed by atoms with Gasteiger partial charge in [0.05, 0.1) is 12.1 Å². The normalized spacial score (nSPS) is 11.8. The average Bonchev–Trinajstić information content (AvgIpc) is 3.30. The molecule has 0 radical (unpaired) electrons. The molecule has 1 heterocycles. The minimum absolute atomic E-state index is 0.106. The van der Waals surface area contributed by atoms with E-state index in [1.165, 1.54) is 28.6 Å². The smallest absolute Gasteiger partial charge is 0.351 e. The standard InChI is InChI=1S/C11H13F3N2.C11H15FN2O.C9H14/c1-4-6-16-7-9(8(3)5-2)10(15-16)11(12,13)14;1-7-5-8(2)10(9(12)6-7)11(15)14-4-3-13;1-5-6-7-9(4)8(2)3/h4-5,7H,1,6H2,2-3H3;5-6H,3-4,13H2,1-2H3,(H,14,15);5-7H,2H2,1,3-4H3/b8-5+;;6-5-,9-7-. The van der Waals surface area contributed by atoms with Crippen LogP contribution in [-0.2, 0) is 12.7 Å². The summed E-state index contributed by atoms with van der Waals surface area (Å²) in [5.74, 6) is -0.891. The predicted molar refractivity (Wildman–Crippen MR) is 157 cm³/mol. The predicted octanol–water partition coefficient (Wildman–Crippen LogP) is 7.73. The van der Waals surface area contributed by atoms with Crippen molar-refractivity contribution in [3.05, 3.63) is 107 Å². The summed E-state index contributed by atoms with van der Waals surface area (Å²) >= 11 is 0. The van der Waals surface area contributed by atoms with E-state index >= 15 is 0 Å². The third-order valence-electron chi connectivity index (χ3n) is 5.50. The molecule has 1 amide bonds. The van der Waals surface area contributed by atoms with Gasteiger partial charge in [-0.3, -0.25) is 9.48 Å². The van der Waals surface area contributed by atoms with Gasteiger partial charge < -0.3 is 11.1 Å². The quantitative estimate of drug-likeness (QED) is 0.196. The van der Waals surface area contributed by atoms with Crippen molar-refractivity contribution >= 4 is 11.5 Å². The third kappa shape index (κ3) is 12.4. The first-order valence-electron chi connectivity index (χ1n) is 12.7. The number of nitrogens with zero attached hydrogens (tertiary/aromatic N) is 2. The number of aromatic nitrogens is 2. The van der Waals surface area contributed by atoms with E-state index in [1.54, 1.807) is 39.8 Å². The summed E-state index contributed by atoms with van der Waals surface area (Å²) in [6.45, 7) is 21.1. The van der Waals surface area contributed by atoms with E-state index in [0.717, 1.165) is 11.1 Å². The summed E-state index contributed by atoms with van der Waals surface area (Å²) in [5.41, 5.74) is 9.01. The van der Waals surface area contributed by atoms with Gasteiger partial charge in [-0.2, -0.15) is 18.3 Å². The maximum Gasteiger partial charge on any atom is 0.435 e. The van der Waals surface area contributed by atoms with Gasteiger partial charge in [-0.25, -0.2) is 4.39 Å². The van der Waals surface area contributed by atoms with Gasteiger partial charge in [0.15, 0.2) is 5.69 Å². The lowest BCUT2D eigenvalue weighted by Gasteiger charge is -2.08. The molecule has 2 aromatic rings. The first kappa shape index (κ1) is 36.3. The average molecular weight is 563 g/mol. The lowest BCUT2D eigenvalue weighted by molar-refractivity contribution is -0.141. The summed E-state index contributed by atoms with van der Waals surface area (Å²) < 4.78 is 52.7. The van der Waals surface area contributed by atoms with Gasteiger partial charge in [0.2, 0.25) is 0 Å². The molecule has 9 heteroatoms. The molecule has 220 valence electrons. The summed E-state index contributed by atoms with van der Waals surface area (Å²) in [6, 6.07) is 3.13. The molecular weight excluding hydrogens is 520 g/mol. The molecular formula is C31H42F4N4O. The van der Waals surface area contributed by atoms with Gasteiger partial charge in [0.1, 0.15) is 5.82 Å². The number of amides is 1. The van der Waals surface area contributed by atoms with E-state index in [1.807, 2.05) is 26.0 Å². The van der Waals surface area contributed by atoms with Crippen LogP contribution in [0, 0.1) is 19.7 Å². The van der Waals surface area contributed by atoms with Gasteiger partial charge in [0.25, 0.3) is 5.91 Å². The molecule has 0 atom stereocenters. The Labute approximate surface area is 235 Å². The summed E-state index contributed by atoms with van der Waals surface area (Å²) in [7, 11) is 0. The van der Waals surface area contributed by atoms with Crippen LogP contribution >= 0.6 is 0 Å². The molecule has 0 bridgehead atoms. The van der Waals surface area contributed by atoms with Crippen LogP contribution in [0.15, 0.2) is 73.0 Å². The van der Waals surface area contributed by atoms with Crippen molar-refractivity contribution in [1.29, 1.82) is 0 Å². The largest absolute Gasteiger partial charge is 0.435 e. The molecule has 5 nitrogen and oxygen atoms in total. The number of benzene rings is 1.